The largest absolute Gasteiger partial charge is 0.506 e. The third-order valence-corrected chi connectivity index (χ3v) is 5.44. The highest BCUT2D eigenvalue weighted by Crippen LogP contribution is 2.29. The first-order valence-electron chi connectivity index (χ1n) is 6.53. The van der Waals surface area contributed by atoms with Crippen LogP contribution in [-0.2, 0) is 10.0 Å². The standard InChI is InChI=1S/C13H20N2O3S/c1-2-3-10-6-7-15(9-10)19(17,18)11-4-5-13(16)12(14)8-11/h4-5,8,10,16H,2-3,6-7,9,14H2,1H3. The molecule has 19 heavy (non-hydrogen) atoms. The van der Waals surface area contributed by atoms with Gasteiger partial charge in [0.1, 0.15) is 5.75 Å². The van der Waals surface area contributed by atoms with Gasteiger partial charge in [-0.2, -0.15) is 4.31 Å². The molecule has 0 spiro atoms. The zero-order valence-corrected chi connectivity index (χ0v) is 11.9. The molecule has 1 aliphatic heterocycles. The van der Waals surface area contributed by atoms with Crippen LogP contribution < -0.4 is 5.73 Å². The summed E-state index contributed by atoms with van der Waals surface area (Å²) >= 11 is 0. The number of nitrogens with two attached hydrogens (primary N) is 1. The quantitative estimate of drug-likeness (QED) is 0.652. The molecule has 1 aromatic rings. The lowest BCUT2D eigenvalue weighted by Gasteiger charge is -2.17. The van der Waals surface area contributed by atoms with Gasteiger partial charge in [0.15, 0.2) is 0 Å². The monoisotopic (exact) mass is 284 g/mol. The molecular formula is C13H20N2O3S. The van der Waals surface area contributed by atoms with Crippen LogP contribution >= 0.6 is 0 Å². The zero-order chi connectivity index (χ0) is 14.0. The van der Waals surface area contributed by atoms with Gasteiger partial charge in [-0.05, 0) is 37.0 Å². The summed E-state index contributed by atoms with van der Waals surface area (Å²) in [5, 5.41) is 9.35. The number of nitrogen functional groups attached to an aromatic ring is 1. The number of anilines is 1. The molecule has 0 radical (unpaired) electrons. The van der Waals surface area contributed by atoms with Crippen molar-refractivity contribution in [1.29, 1.82) is 0 Å². The summed E-state index contributed by atoms with van der Waals surface area (Å²) < 4.78 is 26.4. The van der Waals surface area contributed by atoms with Crippen LogP contribution in [0.5, 0.6) is 5.75 Å². The molecule has 0 bridgehead atoms. The van der Waals surface area contributed by atoms with E-state index in [1.807, 2.05) is 0 Å². The molecule has 1 heterocycles. The van der Waals surface area contributed by atoms with Crippen molar-refractivity contribution >= 4 is 15.7 Å². The Hall–Kier alpha value is -1.27. The summed E-state index contributed by atoms with van der Waals surface area (Å²) in [5.41, 5.74) is 5.65. The molecule has 1 atom stereocenters. The number of sulfonamides is 1. The molecular weight excluding hydrogens is 264 g/mol. The zero-order valence-electron chi connectivity index (χ0n) is 11.0. The summed E-state index contributed by atoms with van der Waals surface area (Å²) in [6.07, 6.45) is 3.05. The number of phenolic OH excluding ortho intramolecular Hbond substituents is 1. The Morgan fingerprint density at radius 3 is 2.84 bits per heavy atom. The highest BCUT2D eigenvalue weighted by atomic mass is 32.2. The van der Waals surface area contributed by atoms with Gasteiger partial charge in [-0.3, -0.25) is 0 Å². The Morgan fingerprint density at radius 1 is 1.47 bits per heavy atom. The SMILES string of the molecule is CCCC1CCN(S(=O)(=O)c2ccc(O)c(N)c2)C1. The van der Waals surface area contributed by atoms with Crippen LogP contribution in [-0.4, -0.2) is 30.9 Å². The van der Waals surface area contributed by atoms with Crippen molar-refractivity contribution < 1.29 is 13.5 Å². The second-order valence-corrected chi connectivity index (χ2v) is 6.96. The van der Waals surface area contributed by atoms with Gasteiger partial charge in [-0.25, -0.2) is 8.42 Å². The molecule has 6 heteroatoms. The number of hydrogen-bond acceptors (Lipinski definition) is 4. The van der Waals surface area contributed by atoms with Gasteiger partial charge in [0.2, 0.25) is 10.0 Å². The molecule has 0 saturated carbocycles. The highest BCUT2D eigenvalue weighted by molar-refractivity contribution is 7.89. The molecule has 3 N–H and O–H groups in total. The Labute approximate surface area is 114 Å². The minimum atomic E-state index is -3.49. The molecule has 5 nitrogen and oxygen atoms in total. The molecule has 1 saturated heterocycles. The molecule has 1 unspecified atom stereocenters. The van der Waals surface area contributed by atoms with Crippen molar-refractivity contribution in [2.75, 3.05) is 18.8 Å². The van der Waals surface area contributed by atoms with E-state index in [2.05, 4.69) is 6.92 Å². The number of nitrogens with zero attached hydrogens (tertiary/aromatic N) is 1. The fourth-order valence-electron chi connectivity index (χ4n) is 2.50. The van der Waals surface area contributed by atoms with Crippen molar-refractivity contribution in [1.82, 2.24) is 4.31 Å². The Bertz CT molecular complexity index is 557. The van der Waals surface area contributed by atoms with Crippen LogP contribution in [0.1, 0.15) is 26.2 Å². The van der Waals surface area contributed by atoms with Crippen LogP contribution in [0, 0.1) is 5.92 Å². The third-order valence-electron chi connectivity index (χ3n) is 3.58. The van der Waals surface area contributed by atoms with E-state index in [1.54, 1.807) is 0 Å². The summed E-state index contributed by atoms with van der Waals surface area (Å²) in [4.78, 5) is 0.153. The second-order valence-electron chi connectivity index (χ2n) is 5.03. The van der Waals surface area contributed by atoms with Crippen molar-refractivity contribution in [3.8, 4) is 5.75 Å². The normalized spacial score (nSPS) is 20.8. The summed E-state index contributed by atoms with van der Waals surface area (Å²) in [6.45, 7) is 3.25. The number of hydrogen-bond donors (Lipinski definition) is 2. The van der Waals surface area contributed by atoms with Gasteiger partial charge >= 0.3 is 0 Å². The van der Waals surface area contributed by atoms with E-state index in [1.165, 1.54) is 22.5 Å². The second kappa shape index (κ2) is 5.38. The van der Waals surface area contributed by atoms with E-state index in [9.17, 15) is 13.5 Å². The first kappa shape index (κ1) is 14.1. The number of rotatable bonds is 4. The van der Waals surface area contributed by atoms with E-state index in [0.29, 0.717) is 19.0 Å². The third kappa shape index (κ3) is 2.84. The van der Waals surface area contributed by atoms with E-state index >= 15 is 0 Å². The maximum absolute atomic E-state index is 12.4. The molecule has 0 aromatic heterocycles. The fraction of sp³-hybridized carbons (Fsp3) is 0.538. The number of benzene rings is 1. The molecule has 1 aromatic carbocycles. The van der Waals surface area contributed by atoms with Gasteiger partial charge in [0.05, 0.1) is 10.6 Å². The summed E-state index contributed by atoms with van der Waals surface area (Å²) in [6, 6.07) is 4.04. The van der Waals surface area contributed by atoms with Gasteiger partial charge in [0, 0.05) is 13.1 Å². The van der Waals surface area contributed by atoms with Gasteiger partial charge < -0.3 is 10.8 Å². The lowest BCUT2D eigenvalue weighted by atomic mass is 10.0. The summed E-state index contributed by atoms with van der Waals surface area (Å²) in [7, 11) is -3.49. The fourth-order valence-corrected chi connectivity index (χ4v) is 4.07. The first-order valence-corrected chi connectivity index (χ1v) is 7.97. The van der Waals surface area contributed by atoms with Crippen LogP contribution in [0.3, 0.4) is 0 Å². The van der Waals surface area contributed by atoms with Crippen LogP contribution in [0.25, 0.3) is 0 Å². The van der Waals surface area contributed by atoms with Crippen LogP contribution in [0.4, 0.5) is 5.69 Å². The van der Waals surface area contributed by atoms with E-state index in [4.69, 9.17) is 5.73 Å². The minimum absolute atomic E-state index is 0.0883. The van der Waals surface area contributed by atoms with Crippen molar-refractivity contribution in [3.05, 3.63) is 18.2 Å². The molecule has 1 fully saturated rings. The Balaban J connectivity index is 2.21. The van der Waals surface area contributed by atoms with Crippen LogP contribution in [0.15, 0.2) is 23.1 Å². The maximum atomic E-state index is 12.4. The van der Waals surface area contributed by atoms with Crippen molar-refractivity contribution in [2.24, 2.45) is 5.92 Å². The molecule has 2 rings (SSSR count). The molecule has 0 amide bonds. The molecule has 0 aliphatic carbocycles. The summed E-state index contributed by atoms with van der Waals surface area (Å²) in [5.74, 6) is 0.360. The highest BCUT2D eigenvalue weighted by Gasteiger charge is 2.32. The smallest absolute Gasteiger partial charge is 0.243 e. The van der Waals surface area contributed by atoms with Crippen molar-refractivity contribution in [2.45, 2.75) is 31.1 Å². The number of phenols is 1. The van der Waals surface area contributed by atoms with Crippen molar-refractivity contribution in [3.63, 3.8) is 0 Å². The van der Waals surface area contributed by atoms with Gasteiger partial charge in [-0.1, -0.05) is 13.3 Å². The predicted octanol–water partition coefficient (Wildman–Crippen LogP) is 1.79. The maximum Gasteiger partial charge on any atom is 0.243 e. The average Bonchev–Trinajstić information content (AvgIpc) is 2.82. The first-order chi connectivity index (χ1) is 8.95. The van der Waals surface area contributed by atoms with E-state index < -0.39 is 10.0 Å². The van der Waals surface area contributed by atoms with E-state index in [0.717, 1.165) is 19.3 Å². The average molecular weight is 284 g/mol. The molecule has 106 valence electrons. The lowest BCUT2D eigenvalue weighted by molar-refractivity contribution is 0.444. The van der Waals surface area contributed by atoms with Gasteiger partial charge in [0.25, 0.3) is 0 Å². The number of aromatic hydroxyl groups is 1. The minimum Gasteiger partial charge on any atom is -0.506 e. The topological polar surface area (TPSA) is 83.6 Å². The Kier molecular flexibility index (Phi) is 4.01. The van der Waals surface area contributed by atoms with Crippen LogP contribution in [0.2, 0.25) is 0 Å². The Morgan fingerprint density at radius 2 is 2.21 bits per heavy atom. The predicted molar refractivity (Wildman–Crippen MR) is 74.3 cm³/mol. The lowest BCUT2D eigenvalue weighted by Crippen LogP contribution is -2.29. The van der Waals surface area contributed by atoms with Gasteiger partial charge in [-0.15, -0.1) is 0 Å². The molecule has 1 aliphatic rings. The van der Waals surface area contributed by atoms with E-state index in [-0.39, 0.29) is 16.3 Å².